The topological polar surface area (TPSA) is 29.5 Å². The number of hydrogen-bond acceptors (Lipinski definition) is 2. The molecule has 1 amide bonds. The Bertz CT molecular complexity index is 268. The molecule has 0 N–H and O–H groups in total. The third-order valence-corrected chi connectivity index (χ3v) is 4.51. The molecule has 110 valence electrons. The summed E-state index contributed by atoms with van der Waals surface area (Å²) in [6.45, 7) is 4.81. The van der Waals surface area contributed by atoms with Crippen LogP contribution in [0.25, 0.3) is 0 Å². The van der Waals surface area contributed by atoms with Gasteiger partial charge in [0.05, 0.1) is 12.5 Å². The van der Waals surface area contributed by atoms with Gasteiger partial charge >= 0.3 is 0 Å². The zero-order valence-corrected chi connectivity index (χ0v) is 12.4. The highest BCUT2D eigenvalue weighted by Gasteiger charge is 2.20. The predicted octanol–water partition coefficient (Wildman–Crippen LogP) is 3.37. The lowest BCUT2D eigenvalue weighted by Gasteiger charge is -2.28. The Balaban J connectivity index is 1.62. The fraction of sp³-hybridized carbons (Fsp3) is 0.938. The second kappa shape index (κ2) is 7.88. The highest BCUT2D eigenvalue weighted by atomic mass is 16.5. The fourth-order valence-electron chi connectivity index (χ4n) is 3.23. The second-order valence-corrected chi connectivity index (χ2v) is 6.29. The Labute approximate surface area is 117 Å². The summed E-state index contributed by atoms with van der Waals surface area (Å²) in [5.74, 6) is 1.03. The molecule has 1 aliphatic heterocycles. The second-order valence-electron chi connectivity index (χ2n) is 6.29. The molecular formula is C16H29NO2. The van der Waals surface area contributed by atoms with Crippen LogP contribution in [0.1, 0.15) is 64.7 Å². The molecule has 0 aromatic carbocycles. The van der Waals surface area contributed by atoms with Gasteiger partial charge in [-0.3, -0.25) is 4.79 Å². The molecule has 2 fully saturated rings. The van der Waals surface area contributed by atoms with E-state index in [2.05, 4.69) is 0 Å². The Morgan fingerprint density at radius 2 is 1.74 bits per heavy atom. The van der Waals surface area contributed by atoms with Gasteiger partial charge in [-0.25, -0.2) is 0 Å². The quantitative estimate of drug-likeness (QED) is 0.764. The van der Waals surface area contributed by atoms with Crippen molar-refractivity contribution >= 4 is 5.91 Å². The normalized spacial score (nSPS) is 23.3. The average Bonchev–Trinajstić information content (AvgIpc) is 2.47. The van der Waals surface area contributed by atoms with Crippen LogP contribution in [0.2, 0.25) is 0 Å². The largest absolute Gasteiger partial charge is 0.378 e. The van der Waals surface area contributed by atoms with Crippen molar-refractivity contribution in [2.24, 2.45) is 5.92 Å². The van der Waals surface area contributed by atoms with E-state index in [1.54, 1.807) is 0 Å². The summed E-state index contributed by atoms with van der Waals surface area (Å²) in [7, 11) is 0. The van der Waals surface area contributed by atoms with Crippen LogP contribution in [0.5, 0.6) is 0 Å². The van der Waals surface area contributed by atoms with Crippen LogP contribution in [0.4, 0.5) is 0 Å². The van der Waals surface area contributed by atoms with Crippen LogP contribution in [0.3, 0.4) is 0 Å². The molecule has 0 radical (unpaired) electrons. The van der Waals surface area contributed by atoms with E-state index in [4.69, 9.17) is 4.74 Å². The van der Waals surface area contributed by atoms with Crippen molar-refractivity contribution < 1.29 is 9.53 Å². The number of ether oxygens (including phenoxy) is 1. The lowest BCUT2D eigenvalue weighted by molar-refractivity contribution is -0.135. The van der Waals surface area contributed by atoms with Crippen molar-refractivity contribution in [3.8, 4) is 0 Å². The predicted molar refractivity (Wildman–Crippen MR) is 77.0 cm³/mol. The SMILES string of the molecule is CC(CC(=O)N1CCCCC1)OCC1CCCCC1. The van der Waals surface area contributed by atoms with Crippen molar-refractivity contribution in [3.63, 3.8) is 0 Å². The van der Waals surface area contributed by atoms with E-state index in [1.807, 2.05) is 11.8 Å². The van der Waals surface area contributed by atoms with Gasteiger partial charge in [0.2, 0.25) is 5.91 Å². The molecule has 0 aromatic heterocycles. The zero-order valence-electron chi connectivity index (χ0n) is 12.4. The maximum absolute atomic E-state index is 12.1. The van der Waals surface area contributed by atoms with Gasteiger partial charge in [0.1, 0.15) is 0 Å². The molecule has 1 atom stereocenters. The summed E-state index contributed by atoms with van der Waals surface area (Å²) >= 11 is 0. The van der Waals surface area contributed by atoms with Gasteiger partial charge in [0.25, 0.3) is 0 Å². The van der Waals surface area contributed by atoms with Gasteiger partial charge in [-0.15, -0.1) is 0 Å². The van der Waals surface area contributed by atoms with Crippen LogP contribution in [-0.4, -0.2) is 36.6 Å². The summed E-state index contributed by atoms with van der Waals surface area (Å²) < 4.78 is 5.90. The molecule has 0 bridgehead atoms. The van der Waals surface area contributed by atoms with E-state index in [9.17, 15) is 4.79 Å². The van der Waals surface area contributed by atoms with Crippen molar-refractivity contribution in [1.29, 1.82) is 0 Å². The minimum absolute atomic E-state index is 0.0800. The molecule has 0 aromatic rings. The monoisotopic (exact) mass is 267 g/mol. The number of piperidine rings is 1. The number of likely N-dealkylation sites (tertiary alicyclic amines) is 1. The molecule has 0 spiro atoms. The first-order valence-electron chi connectivity index (χ1n) is 8.15. The third-order valence-electron chi connectivity index (χ3n) is 4.51. The molecule has 2 aliphatic rings. The van der Waals surface area contributed by atoms with Crippen molar-refractivity contribution in [2.75, 3.05) is 19.7 Å². The Morgan fingerprint density at radius 1 is 1.11 bits per heavy atom. The molecule has 3 nitrogen and oxygen atoms in total. The van der Waals surface area contributed by atoms with Crippen molar-refractivity contribution in [2.45, 2.75) is 70.8 Å². The molecule has 2 rings (SSSR count). The van der Waals surface area contributed by atoms with Gasteiger partial charge in [-0.1, -0.05) is 19.3 Å². The number of amides is 1. The van der Waals surface area contributed by atoms with Crippen LogP contribution in [-0.2, 0) is 9.53 Å². The first-order chi connectivity index (χ1) is 9.25. The fourth-order valence-corrected chi connectivity index (χ4v) is 3.23. The first-order valence-corrected chi connectivity index (χ1v) is 8.15. The number of carbonyl (C=O) groups excluding carboxylic acids is 1. The summed E-state index contributed by atoms with van der Waals surface area (Å²) in [5.41, 5.74) is 0. The molecule has 1 heterocycles. The lowest BCUT2D eigenvalue weighted by Crippen LogP contribution is -2.37. The van der Waals surface area contributed by atoms with Crippen molar-refractivity contribution in [3.05, 3.63) is 0 Å². The number of carbonyl (C=O) groups is 1. The highest BCUT2D eigenvalue weighted by Crippen LogP contribution is 2.24. The number of hydrogen-bond donors (Lipinski definition) is 0. The minimum atomic E-state index is 0.0800. The first kappa shape index (κ1) is 14.8. The summed E-state index contributed by atoms with van der Waals surface area (Å²) in [6.07, 6.45) is 11.0. The third kappa shape index (κ3) is 5.13. The van der Waals surface area contributed by atoms with Crippen LogP contribution in [0, 0.1) is 5.92 Å². The highest BCUT2D eigenvalue weighted by molar-refractivity contribution is 5.76. The van der Waals surface area contributed by atoms with E-state index in [1.165, 1.54) is 51.4 Å². The molecule has 19 heavy (non-hydrogen) atoms. The zero-order chi connectivity index (χ0) is 13.5. The number of rotatable bonds is 5. The molecular weight excluding hydrogens is 238 g/mol. The van der Waals surface area contributed by atoms with Crippen LogP contribution >= 0.6 is 0 Å². The van der Waals surface area contributed by atoms with E-state index < -0.39 is 0 Å². The lowest BCUT2D eigenvalue weighted by atomic mass is 9.90. The minimum Gasteiger partial charge on any atom is -0.378 e. The Hall–Kier alpha value is -0.570. The van der Waals surface area contributed by atoms with Gasteiger partial charge in [0, 0.05) is 19.7 Å². The van der Waals surface area contributed by atoms with Crippen LogP contribution < -0.4 is 0 Å². The molecule has 1 saturated heterocycles. The van der Waals surface area contributed by atoms with Gasteiger partial charge < -0.3 is 9.64 Å². The van der Waals surface area contributed by atoms with Crippen molar-refractivity contribution in [1.82, 2.24) is 4.90 Å². The summed E-state index contributed by atoms with van der Waals surface area (Å²) in [6, 6.07) is 0. The van der Waals surface area contributed by atoms with E-state index in [0.717, 1.165) is 25.6 Å². The van der Waals surface area contributed by atoms with E-state index >= 15 is 0 Å². The van der Waals surface area contributed by atoms with Gasteiger partial charge in [0.15, 0.2) is 0 Å². The Kier molecular flexibility index (Phi) is 6.15. The van der Waals surface area contributed by atoms with Crippen LogP contribution in [0.15, 0.2) is 0 Å². The van der Waals surface area contributed by atoms with E-state index in [-0.39, 0.29) is 12.0 Å². The average molecular weight is 267 g/mol. The molecule has 1 aliphatic carbocycles. The molecule has 3 heteroatoms. The Morgan fingerprint density at radius 3 is 2.42 bits per heavy atom. The maximum atomic E-state index is 12.1. The maximum Gasteiger partial charge on any atom is 0.225 e. The van der Waals surface area contributed by atoms with E-state index in [0.29, 0.717) is 6.42 Å². The number of nitrogens with zero attached hydrogens (tertiary/aromatic N) is 1. The van der Waals surface area contributed by atoms with Gasteiger partial charge in [-0.05, 0) is 44.9 Å². The standard InChI is InChI=1S/C16H29NO2/c1-14(19-13-15-8-4-2-5-9-15)12-16(18)17-10-6-3-7-11-17/h14-15H,2-13H2,1H3. The summed E-state index contributed by atoms with van der Waals surface area (Å²) in [5, 5.41) is 0. The molecule has 1 saturated carbocycles. The summed E-state index contributed by atoms with van der Waals surface area (Å²) in [4.78, 5) is 14.1. The molecule has 1 unspecified atom stereocenters. The smallest absolute Gasteiger partial charge is 0.225 e. The van der Waals surface area contributed by atoms with Gasteiger partial charge in [-0.2, -0.15) is 0 Å².